The van der Waals surface area contributed by atoms with Crippen molar-refractivity contribution in [2.75, 3.05) is 7.11 Å². The molecule has 0 heterocycles. The number of halogens is 1. The first-order valence-corrected chi connectivity index (χ1v) is 3.00. The molecule has 0 saturated heterocycles. The molecule has 0 aromatic rings. The van der Waals surface area contributed by atoms with Crippen molar-refractivity contribution in [2.45, 2.75) is 0 Å². The molecule has 0 rings (SSSR count). The van der Waals surface area contributed by atoms with Crippen LogP contribution in [0.1, 0.15) is 0 Å². The van der Waals surface area contributed by atoms with Crippen molar-refractivity contribution < 1.29 is 4.74 Å². The second kappa shape index (κ2) is 3.71. The molecule has 0 spiro atoms. The molecule has 0 amide bonds. The van der Waals surface area contributed by atoms with Crippen LogP contribution in [0.3, 0.4) is 0 Å². The van der Waals surface area contributed by atoms with Gasteiger partial charge in [0, 0.05) is 6.20 Å². The van der Waals surface area contributed by atoms with Crippen LogP contribution in [0.25, 0.3) is 0 Å². The molecule has 0 radical (unpaired) electrons. The Morgan fingerprint density at radius 3 is 2.50 bits per heavy atom. The fraction of sp³-hybridized carbons (Fsp3) is 0.250. The summed E-state index contributed by atoms with van der Waals surface area (Å²) in [5, 5.41) is 6.97. The highest BCUT2D eigenvalue weighted by Crippen LogP contribution is 2.04. The zero-order valence-electron chi connectivity index (χ0n) is 4.44. The van der Waals surface area contributed by atoms with Crippen LogP contribution >= 0.6 is 22.6 Å². The Hall–Kier alpha value is -0.260. The van der Waals surface area contributed by atoms with Gasteiger partial charge in [-0.1, -0.05) is 0 Å². The molecule has 3 nitrogen and oxygen atoms in total. The Balaban J connectivity index is 3.83. The van der Waals surface area contributed by atoms with Crippen LogP contribution in [0.2, 0.25) is 0 Å². The molecule has 0 atom stereocenters. The molecule has 0 fully saturated rings. The van der Waals surface area contributed by atoms with Gasteiger partial charge in [0.1, 0.15) is 0 Å². The number of ether oxygens (including phenoxy) is 1. The molecule has 0 bridgehead atoms. The number of nitrogens with two attached hydrogens (primary N) is 1. The lowest BCUT2D eigenvalue weighted by molar-refractivity contribution is 0.403. The number of methoxy groups -OCH3 is 1. The molecule has 0 saturated carbocycles. The lowest BCUT2D eigenvalue weighted by Crippen LogP contribution is -1.99. The fourth-order valence-corrected chi connectivity index (χ4v) is 0.393. The van der Waals surface area contributed by atoms with E-state index in [2.05, 4.69) is 4.74 Å². The molecule has 0 aromatic carbocycles. The van der Waals surface area contributed by atoms with E-state index in [1.54, 1.807) is 0 Å². The molecule has 0 aliphatic heterocycles. The number of hydrogen-bond acceptors (Lipinski definition) is 3. The zero-order chi connectivity index (χ0) is 6.57. The maximum Gasteiger partial charge on any atom is 0.220 e. The van der Waals surface area contributed by atoms with Crippen molar-refractivity contribution >= 4 is 28.5 Å². The van der Waals surface area contributed by atoms with E-state index >= 15 is 0 Å². The van der Waals surface area contributed by atoms with Crippen LogP contribution in [0.4, 0.5) is 0 Å². The smallest absolute Gasteiger partial charge is 0.220 e. The minimum atomic E-state index is 0.105. The predicted molar refractivity (Wildman–Crippen MR) is 41.0 cm³/mol. The first kappa shape index (κ1) is 7.74. The van der Waals surface area contributed by atoms with Crippen molar-refractivity contribution in [3.63, 3.8) is 0 Å². The average molecular weight is 226 g/mol. The summed E-state index contributed by atoms with van der Waals surface area (Å²) in [5.74, 6) is 0.105. The van der Waals surface area contributed by atoms with E-state index in [1.807, 2.05) is 22.6 Å². The molecule has 0 aliphatic rings. The van der Waals surface area contributed by atoms with Gasteiger partial charge in [0.15, 0.2) is 0 Å². The van der Waals surface area contributed by atoms with Crippen molar-refractivity contribution in [2.24, 2.45) is 5.73 Å². The van der Waals surface area contributed by atoms with Crippen molar-refractivity contribution in [1.29, 1.82) is 5.41 Å². The first-order chi connectivity index (χ1) is 3.72. The maximum absolute atomic E-state index is 6.97. The summed E-state index contributed by atoms with van der Waals surface area (Å²) in [6, 6.07) is 0. The Kier molecular flexibility index (Phi) is 3.59. The van der Waals surface area contributed by atoms with Crippen LogP contribution in [0.15, 0.2) is 9.78 Å². The van der Waals surface area contributed by atoms with Crippen LogP contribution in [-0.2, 0) is 4.74 Å². The van der Waals surface area contributed by atoms with Gasteiger partial charge in [0.2, 0.25) is 5.90 Å². The van der Waals surface area contributed by atoms with Gasteiger partial charge >= 0.3 is 0 Å². The summed E-state index contributed by atoms with van der Waals surface area (Å²) in [4.78, 5) is 0. The van der Waals surface area contributed by atoms with Crippen LogP contribution in [0, 0.1) is 5.41 Å². The Labute approximate surface area is 61.5 Å². The zero-order valence-corrected chi connectivity index (χ0v) is 6.60. The summed E-state index contributed by atoms with van der Waals surface area (Å²) in [5.41, 5.74) is 5.06. The van der Waals surface area contributed by atoms with E-state index < -0.39 is 0 Å². The van der Waals surface area contributed by atoms with E-state index in [-0.39, 0.29) is 5.90 Å². The van der Waals surface area contributed by atoms with Crippen molar-refractivity contribution in [3.05, 3.63) is 9.78 Å². The lowest BCUT2D eigenvalue weighted by Gasteiger charge is -1.96. The van der Waals surface area contributed by atoms with Gasteiger partial charge in [-0.25, -0.2) is 0 Å². The SMILES string of the molecule is COC(=N)/C(I)=C\N. The predicted octanol–water partition coefficient (Wildman–Crippen LogP) is 0.845. The largest absolute Gasteiger partial charge is 0.481 e. The highest BCUT2D eigenvalue weighted by molar-refractivity contribution is 14.1. The quantitative estimate of drug-likeness (QED) is 0.395. The molecule has 0 aromatic heterocycles. The van der Waals surface area contributed by atoms with E-state index in [4.69, 9.17) is 11.1 Å². The maximum atomic E-state index is 6.97. The van der Waals surface area contributed by atoms with Gasteiger partial charge < -0.3 is 10.5 Å². The third kappa shape index (κ3) is 2.15. The monoisotopic (exact) mass is 226 g/mol. The Morgan fingerprint density at radius 2 is 2.38 bits per heavy atom. The first-order valence-electron chi connectivity index (χ1n) is 1.92. The van der Waals surface area contributed by atoms with Crippen molar-refractivity contribution in [1.82, 2.24) is 0 Å². The van der Waals surface area contributed by atoms with Gasteiger partial charge in [0.25, 0.3) is 0 Å². The topological polar surface area (TPSA) is 59.1 Å². The molecule has 0 aliphatic carbocycles. The minimum absolute atomic E-state index is 0.105. The second-order valence-electron chi connectivity index (χ2n) is 1.05. The molecular weight excluding hydrogens is 219 g/mol. The van der Waals surface area contributed by atoms with Gasteiger partial charge in [0.05, 0.1) is 10.7 Å². The summed E-state index contributed by atoms with van der Waals surface area (Å²) < 4.78 is 5.15. The van der Waals surface area contributed by atoms with Gasteiger partial charge in [-0.2, -0.15) is 0 Å². The third-order valence-corrected chi connectivity index (χ3v) is 1.42. The highest BCUT2D eigenvalue weighted by atomic mass is 127. The summed E-state index contributed by atoms with van der Waals surface area (Å²) in [7, 11) is 1.44. The number of nitrogens with one attached hydrogen (secondary N) is 1. The fourth-order valence-electron chi connectivity index (χ4n) is 0.173. The lowest BCUT2D eigenvalue weighted by atomic mass is 10.6. The minimum Gasteiger partial charge on any atom is -0.481 e. The van der Waals surface area contributed by atoms with Gasteiger partial charge in [-0.3, -0.25) is 5.41 Å². The number of hydrogen-bond donors (Lipinski definition) is 2. The summed E-state index contributed by atoms with van der Waals surface area (Å²) >= 11 is 1.92. The Bertz CT molecular complexity index is 121. The van der Waals surface area contributed by atoms with E-state index in [0.717, 1.165) is 0 Å². The summed E-state index contributed by atoms with van der Waals surface area (Å²) in [6.07, 6.45) is 1.33. The molecule has 0 unspecified atom stereocenters. The molecule has 4 heteroatoms. The van der Waals surface area contributed by atoms with E-state index in [0.29, 0.717) is 3.58 Å². The molecular formula is C4H7IN2O. The normalized spacial score (nSPS) is 11.0. The molecule has 3 N–H and O–H groups in total. The van der Waals surface area contributed by atoms with E-state index in [9.17, 15) is 0 Å². The molecule has 46 valence electrons. The number of rotatable bonds is 1. The van der Waals surface area contributed by atoms with Crippen LogP contribution < -0.4 is 5.73 Å². The van der Waals surface area contributed by atoms with Crippen molar-refractivity contribution in [3.8, 4) is 0 Å². The summed E-state index contributed by atoms with van der Waals surface area (Å²) in [6.45, 7) is 0. The van der Waals surface area contributed by atoms with Gasteiger partial charge in [-0.05, 0) is 22.6 Å². The van der Waals surface area contributed by atoms with Crippen LogP contribution in [-0.4, -0.2) is 13.0 Å². The van der Waals surface area contributed by atoms with Gasteiger partial charge in [-0.15, -0.1) is 0 Å². The second-order valence-corrected chi connectivity index (χ2v) is 2.21. The third-order valence-electron chi connectivity index (χ3n) is 0.567. The average Bonchev–Trinajstić information content (AvgIpc) is 1.84. The Morgan fingerprint density at radius 1 is 1.88 bits per heavy atom. The standard InChI is InChI=1S/C4H7IN2O/c1-8-4(7)3(5)2-6/h2,7H,6H2,1H3/b3-2+,7-4?. The van der Waals surface area contributed by atoms with E-state index in [1.165, 1.54) is 13.3 Å². The molecule has 8 heavy (non-hydrogen) atoms. The van der Waals surface area contributed by atoms with Crippen LogP contribution in [0.5, 0.6) is 0 Å². The highest BCUT2D eigenvalue weighted by Gasteiger charge is 1.95.